The van der Waals surface area contributed by atoms with Gasteiger partial charge in [0.2, 0.25) is 0 Å². The first-order valence-corrected chi connectivity index (χ1v) is 17.2. The van der Waals surface area contributed by atoms with E-state index in [1.54, 1.807) is 11.3 Å². The summed E-state index contributed by atoms with van der Waals surface area (Å²) in [6.07, 6.45) is 3.91. The quantitative estimate of drug-likeness (QED) is 0.184. The summed E-state index contributed by atoms with van der Waals surface area (Å²) >= 11 is 1.69. The predicted octanol–water partition coefficient (Wildman–Crippen LogP) is 10.8. The van der Waals surface area contributed by atoms with Crippen LogP contribution < -0.4 is 0 Å². The molecule has 10 rings (SSSR count). The molecule has 7 heteroatoms. The van der Waals surface area contributed by atoms with E-state index in [-0.39, 0.29) is 0 Å². The zero-order valence-electron chi connectivity index (χ0n) is 26.6. The highest BCUT2D eigenvalue weighted by Crippen LogP contribution is 2.39. The van der Waals surface area contributed by atoms with Crippen LogP contribution in [0, 0.1) is 0 Å². The third-order valence-electron chi connectivity index (χ3n) is 9.16. The van der Waals surface area contributed by atoms with Gasteiger partial charge < -0.3 is 4.57 Å². The molecule has 0 fully saturated rings. The van der Waals surface area contributed by atoms with Crippen molar-refractivity contribution >= 4 is 53.3 Å². The number of hydrogen-bond donors (Lipinski definition) is 0. The molecular formula is C43H26N6S. The Morgan fingerprint density at radius 1 is 0.400 bits per heavy atom. The van der Waals surface area contributed by atoms with E-state index < -0.39 is 0 Å². The van der Waals surface area contributed by atoms with Crippen molar-refractivity contribution in [1.82, 2.24) is 29.5 Å². The summed E-state index contributed by atoms with van der Waals surface area (Å²) in [6, 6.07) is 50.1. The molecule has 0 amide bonds. The number of aromatic nitrogens is 6. The molecule has 0 unspecified atom stereocenters. The lowest BCUT2D eigenvalue weighted by atomic mass is 10.0. The Hall–Kier alpha value is -6.57. The van der Waals surface area contributed by atoms with Crippen LogP contribution in [0.15, 0.2) is 158 Å². The Labute approximate surface area is 291 Å². The van der Waals surface area contributed by atoms with Gasteiger partial charge in [0.1, 0.15) is 5.69 Å². The highest BCUT2D eigenvalue weighted by molar-refractivity contribution is 7.25. The van der Waals surface area contributed by atoms with Gasteiger partial charge in [-0.3, -0.25) is 9.97 Å². The Balaban J connectivity index is 1.11. The second-order valence-electron chi connectivity index (χ2n) is 12.2. The summed E-state index contributed by atoms with van der Waals surface area (Å²) in [7, 11) is 0. The molecule has 0 aliphatic heterocycles. The lowest BCUT2D eigenvalue weighted by Crippen LogP contribution is -2.01. The molecule has 5 aromatic carbocycles. The van der Waals surface area contributed by atoms with Crippen molar-refractivity contribution in [3.63, 3.8) is 0 Å². The summed E-state index contributed by atoms with van der Waals surface area (Å²) < 4.78 is 4.53. The average molecular weight is 659 g/mol. The maximum Gasteiger partial charge on any atom is 0.182 e. The maximum absolute atomic E-state index is 4.95. The van der Waals surface area contributed by atoms with E-state index in [9.17, 15) is 0 Å². The van der Waals surface area contributed by atoms with Crippen molar-refractivity contribution in [3.8, 4) is 51.2 Å². The van der Waals surface area contributed by atoms with Crippen LogP contribution in [0.25, 0.3) is 93.2 Å². The Bertz CT molecular complexity index is 2810. The van der Waals surface area contributed by atoms with Gasteiger partial charge in [-0.1, -0.05) is 103 Å². The first-order valence-electron chi connectivity index (χ1n) is 16.4. The van der Waals surface area contributed by atoms with E-state index in [0.29, 0.717) is 23.2 Å². The first kappa shape index (κ1) is 28.4. The Morgan fingerprint density at radius 3 is 1.62 bits per heavy atom. The number of benzene rings is 5. The molecule has 0 saturated carbocycles. The highest BCUT2D eigenvalue weighted by atomic mass is 32.1. The zero-order valence-corrected chi connectivity index (χ0v) is 27.4. The number of rotatable bonds is 5. The summed E-state index contributed by atoms with van der Waals surface area (Å²) in [5, 5.41) is 4.64. The van der Waals surface area contributed by atoms with Crippen LogP contribution >= 0.6 is 11.3 Å². The van der Waals surface area contributed by atoms with Crippen molar-refractivity contribution in [2.24, 2.45) is 0 Å². The summed E-state index contributed by atoms with van der Waals surface area (Å²) in [4.78, 5) is 24.5. The van der Waals surface area contributed by atoms with Gasteiger partial charge in [0, 0.05) is 56.3 Å². The molecule has 234 valence electrons. The molecule has 0 aliphatic carbocycles. The Kier molecular flexibility index (Phi) is 6.57. The summed E-state index contributed by atoms with van der Waals surface area (Å²) in [5.41, 5.74) is 8.04. The maximum atomic E-state index is 4.95. The van der Waals surface area contributed by atoms with Crippen molar-refractivity contribution in [2.75, 3.05) is 0 Å². The molecule has 0 N–H and O–H groups in total. The molecule has 0 radical (unpaired) electrons. The van der Waals surface area contributed by atoms with E-state index in [0.717, 1.165) is 48.2 Å². The molecule has 50 heavy (non-hydrogen) atoms. The van der Waals surface area contributed by atoms with Gasteiger partial charge in [-0.05, 0) is 42.5 Å². The number of thiophene rings is 1. The van der Waals surface area contributed by atoms with Gasteiger partial charge in [0.15, 0.2) is 17.5 Å². The monoisotopic (exact) mass is 658 g/mol. The lowest BCUT2D eigenvalue weighted by molar-refractivity contribution is 1.06. The van der Waals surface area contributed by atoms with Gasteiger partial charge >= 0.3 is 0 Å². The molecule has 5 heterocycles. The summed E-state index contributed by atoms with van der Waals surface area (Å²) in [6.45, 7) is 0. The smallest absolute Gasteiger partial charge is 0.182 e. The van der Waals surface area contributed by atoms with Crippen molar-refractivity contribution in [3.05, 3.63) is 158 Å². The second kappa shape index (κ2) is 11.5. The lowest BCUT2D eigenvalue weighted by Gasteiger charge is -2.08. The summed E-state index contributed by atoms with van der Waals surface area (Å²) in [5.74, 6) is 1.76. The number of nitrogens with zero attached hydrogens (tertiary/aromatic N) is 6. The SMILES string of the molecule is c1ccc(-c2nc(-c3ccccc3)nc(-c3cc4c(cn3)sc3cnc(-c5ccc6c(c5)c5ccccc5n6-c5ccccc5)cc34)n2)cc1. The predicted molar refractivity (Wildman–Crippen MR) is 204 cm³/mol. The van der Waals surface area contributed by atoms with Gasteiger partial charge in [-0.2, -0.15) is 0 Å². The van der Waals surface area contributed by atoms with Crippen LogP contribution in [0.4, 0.5) is 0 Å². The normalized spacial score (nSPS) is 11.6. The van der Waals surface area contributed by atoms with Crippen LogP contribution in [0.1, 0.15) is 0 Å². The molecule has 6 nitrogen and oxygen atoms in total. The molecule has 0 atom stereocenters. The van der Waals surface area contributed by atoms with Crippen LogP contribution in [0.3, 0.4) is 0 Å². The minimum absolute atomic E-state index is 0.536. The third kappa shape index (κ3) is 4.75. The largest absolute Gasteiger partial charge is 0.309 e. The number of fused-ring (bicyclic) bond motifs is 6. The van der Waals surface area contributed by atoms with Gasteiger partial charge in [0.05, 0.1) is 26.1 Å². The third-order valence-corrected chi connectivity index (χ3v) is 10.2. The average Bonchev–Trinajstić information content (AvgIpc) is 3.73. The molecule has 0 bridgehead atoms. The standard InChI is InChI=1S/C43H26N6S/c1-4-12-27(13-5-1)41-46-42(28-14-6-2-7-15-28)48-43(47-41)36-24-34-33-23-35(44-25-39(33)50-40(34)26-45-36)29-20-21-38-32(22-29)31-18-10-11-19-37(31)49(38)30-16-8-3-9-17-30/h1-26H. The Morgan fingerprint density at radius 2 is 0.940 bits per heavy atom. The van der Waals surface area contributed by atoms with Gasteiger partial charge in [-0.25, -0.2) is 15.0 Å². The fourth-order valence-electron chi connectivity index (χ4n) is 6.78. The topological polar surface area (TPSA) is 69.4 Å². The van der Waals surface area contributed by atoms with E-state index in [2.05, 4.69) is 89.5 Å². The molecule has 0 saturated heterocycles. The van der Waals surface area contributed by atoms with Crippen molar-refractivity contribution < 1.29 is 0 Å². The van der Waals surface area contributed by atoms with E-state index in [1.807, 2.05) is 73.1 Å². The second-order valence-corrected chi connectivity index (χ2v) is 13.3. The fourth-order valence-corrected chi connectivity index (χ4v) is 7.78. The minimum atomic E-state index is 0.536. The first-order chi connectivity index (χ1) is 24.8. The molecule has 0 aliphatic rings. The molecular weight excluding hydrogens is 633 g/mol. The van der Waals surface area contributed by atoms with E-state index in [1.165, 1.54) is 21.8 Å². The number of pyridine rings is 2. The van der Waals surface area contributed by atoms with Crippen LogP contribution in [-0.2, 0) is 0 Å². The van der Waals surface area contributed by atoms with E-state index >= 15 is 0 Å². The van der Waals surface area contributed by atoms with Gasteiger partial charge in [0.25, 0.3) is 0 Å². The number of hydrogen-bond acceptors (Lipinski definition) is 6. The highest BCUT2D eigenvalue weighted by Gasteiger charge is 2.17. The minimum Gasteiger partial charge on any atom is -0.309 e. The van der Waals surface area contributed by atoms with Crippen LogP contribution in [0.2, 0.25) is 0 Å². The van der Waals surface area contributed by atoms with E-state index in [4.69, 9.17) is 24.9 Å². The van der Waals surface area contributed by atoms with Crippen molar-refractivity contribution in [2.45, 2.75) is 0 Å². The number of para-hydroxylation sites is 2. The molecule has 5 aromatic heterocycles. The zero-order chi connectivity index (χ0) is 33.0. The molecule has 0 spiro atoms. The van der Waals surface area contributed by atoms with Crippen LogP contribution in [-0.4, -0.2) is 29.5 Å². The van der Waals surface area contributed by atoms with Gasteiger partial charge in [-0.15, -0.1) is 11.3 Å². The molecule has 10 aromatic rings. The van der Waals surface area contributed by atoms with Crippen molar-refractivity contribution in [1.29, 1.82) is 0 Å². The van der Waals surface area contributed by atoms with Crippen LogP contribution in [0.5, 0.6) is 0 Å². The fraction of sp³-hybridized carbons (Fsp3) is 0.